The fourth-order valence-electron chi connectivity index (χ4n) is 6.61. The van der Waals surface area contributed by atoms with Crippen LogP contribution in [0.1, 0.15) is 50.2 Å². The van der Waals surface area contributed by atoms with Crippen molar-refractivity contribution in [2.24, 2.45) is 11.8 Å². The molecule has 1 amide bonds. The van der Waals surface area contributed by atoms with E-state index in [0.717, 1.165) is 56.0 Å². The van der Waals surface area contributed by atoms with E-state index in [2.05, 4.69) is 60.5 Å². The quantitative estimate of drug-likeness (QED) is 0.779. The zero-order chi connectivity index (χ0) is 23.0. The van der Waals surface area contributed by atoms with Gasteiger partial charge in [-0.05, 0) is 42.7 Å². The highest BCUT2D eigenvalue weighted by Gasteiger charge is 2.56. The molecule has 2 aromatic carbocycles. The van der Waals surface area contributed by atoms with Gasteiger partial charge < -0.3 is 19.7 Å². The van der Waals surface area contributed by atoms with Gasteiger partial charge in [-0.3, -0.25) is 4.79 Å². The Morgan fingerprint density at radius 3 is 2.76 bits per heavy atom. The number of fused-ring (bicyclic) bond motifs is 2. The van der Waals surface area contributed by atoms with Gasteiger partial charge in [-0.2, -0.15) is 0 Å². The van der Waals surface area contributed by atoms with Crippen LogP contribution in [0.4, 0.5) is 0 Å². The van der Waals surface area contributed by atoms with E-state index in [4.69, 9.17) is 9.47 Å². The Bertz CT molecular complexity index is 992. The molecule has 3 aliphatic rings. The maximum atomic E-state index is 14.2. The maximum absolute atomic E-state index is 14.2. The number of nitrogens with zero attached hydrogens (tertiary/aromatic N) is 1. The number of amides is 1. The first-order chi connectivity index (χ1) is 16.0. The van der Waals surface area contributed by atoms with E-state index < -0.39 is 0 Å². The summed E-state index contributed by atoms with van der Waals surface area (Å²) in [5.74, 6) is 2.88. The number of carbonyl (C=O) groups is 1. The van der Waals surface area contributed by atoms with E-state index in [0.29, 0.717) is 24.3 Å². The summed E-state index contributed by atoms with van der Waals surface area (Å²) in [5, 5.41) is 2.33. The van der Waals surface area contributed by atoms with Crippen molar-refractivity contribution in [3.8, 4) is 11.5 Å². The monoisotopic (exact) mass is 449 g/mol. The predicted molar refractivity (Wildman–Crippen MR) is 129 cm³/mol. The molecule has 33 heavy (non-hydrogen) atoms. The number of hydrogen-bond donors (Lipinski definition) is 1. The van der Waals surface area contributed by atoms with Crippen molar-refractivity contribution in [1.82, 2.24) is 4.90 Å². The van der Waals surface area contributed by atoms with Crippen molar-refractivity contribution in [3.63, 3.8) is 0 Å². The first-order valence-corrected chi connectivity index (χ1v) is 12.5. The second-order valence-electron chi connectivity index (χ2n) is 10.3. The summed E-state index contributed by atoms with van der Waals surface area (Å²) in [6.07, 6.45) is 2.97. The molecule has 5 heteroatoms. The molecule has 0 radical (unpaired) electrons. The molecule has 5 rings (SSSR count). The van der Waals surface area contributed by atoms with Crippen molar-refractivity contribution in [1.29, 1.82) is 0 Å². The molecule has 3 heterocycles. The largest absolute Gasteiger partial charge is 0.493 e. The molecule has 2 fully saturated rings. The molecule has 4 atom stereocenters. The van der Waals surface area contributed by atoms with Gasteiger partial charge in [0.25, 0.3) is 0 Å². The summed E-state index contributed by atoms with van der Waals surface area (Å²) in [7, 11) is 1.69. The Morgan fingerprint density at radius 1 is 1.18 bits per heavy atom. The fourth-order valence-corrected chi connectivity index (χ4v) is 6.61. The van der Waals surface area contributed by atoms with Gasteiger partial charge in [0.1, 0.15) is 5.92 Å². The molecular weight excluding hydrogens is 412 g/mol. The molecule has 176 valence electrons. The average molecular weight is 450 g/mol. The van der Waals surface area contributed by atoms with Gasteiger partial charge in [0.15, 0.2) is 11.5 Å². The number of methoxy groups -OCH3 is 1. The number of likely N-dealkylation sites (tertiary alicyclic amines) is 1. The van der Waals surface area contributed by atoms with Crippen LogP contribution in [-0.4, -0.2) is 50.2 Å². The van der Waals surface area contributed by atoms with Gasteiger partial charge >= 0.3 is 0 Å². The van der Waals surface area contributed by atoms with Gasteiger partial charge in [0, 0.05) is 18.2 Å². The number of hydrogen-bond acceptors (Lipinski definition) is 3. The van der Waals surface area contributed by atoms with E-state index in [9.17, 15) is 4.79 Å². The highest BCUT2D eigenvalue weighted by atomic mass is 16.5. The zero-order valence-corrected chi connectivity index (χ0v) is 20.1. The molecule has 5 nitrogen and oxygen atoms in total. The fraction of sp³-hybridized carbons (Fsp3) is 0.536. The SMILES string of the molecule is COc1cccc2c1OCC[C@]21C[NH2+]C[C@H]1C(=O)N1CCC(c2ccccc2)CC1C(C)C. The second-order valence-corrected chi connectivity index (χ2v) is 10.3. The Labute approximate surface area is 197 Å². The Morgan fingerprint density at radius 2 is 2.00 bits per heavy atom. The first-order valence-electron chi connectivity index (χ1n) is 12.5. The Balaban J connectivity index is 1.44. The van der Waals surface area contributed by atoms with Gasteiger partial charge in [-0.25, -0.2) is 0 Å². The van der Waals surface area contributed by atoms with Crippen LogP contribution in [0.3, 0.4) is 0 Å². The molecule has 2 aromatic rings. The summed E-state index contributed by atoms with van der Waals surface area (Å²) in [6, 6.07) is 17.3. The van der Waals surface area contributed by atoms with Crippen molar-refractivity contribution >= 4 is 5.91 Å². The third-order valence-electron chi connectivity index (χ3n) is 8.37. The van der Waals surface area contributed by atoms with Crippen LogP contribution >= 0.6 is 0 Å². The molecule has 0 saturated carbocycles. The molecule has 0 bridgehead atoms. The highest BCUT2D eigenvalue weighted by molar-refractivity contribution is 5.82. The molecular formula is C28H37N2O3+. The van der Waals surface area contributed by atoms with Gasteiger partial charge in [-0.1, -0.05) is 56.3 Å². The lowest BCUT2D eigenvalue weighted by molar-refractivity contribution is -0.640. The molecule has 3 aliphatic heterocycles. The number of quaternary nitrogens is 1. The van der Waals surface area contributed by atoms with Gasteiger partial charge in [-0.15, -0.1) is 0 Å². The standard InChI is InChI=1S/C28H36N2O3/c1-19(2)24-16-21(20-8-5-4-6-9-20)12-14-30(24)27(31)23-17-29-18-28(23)13-15-33-26-22(28)10-7-11-25(26)32-3/h4-11,19,21,23-24,29H,12-18H2,1-3H3/p+1/t21?,23-,24?,28-/m0/s1. The highest BCUT2D eigenvalue weighted by Crippen LogP contribution is 2.49. The van der Waals surface area contributed by atoms with E-state index in [1.54, 1.807) is 7.11 Å². The lowest BCUT2D eigenvalue weighted by Crippen LogP contribution is -2.82. The van der Waals surface area contributed by atoms with Crippen LogP contribution in [-0.2, 0) is 10.2 Å². The van der Waals surface area contributed by atoms with Crippen LogP contribution in [0.5, 0.6) is 11.5 Å². The molecule has 2 N–H and O–H groups in total. The molecule has 2 unspecified atom stereocenters. The normalized spacial score (nSPS) is 29.1. The summed E-state index contributed by atoms with van der Waals surface area (Å²) in [4.78, 5) is 16.5. The molecule has 0 aliphatic carbocycles. The topological polar surface area (TPSA) is 55.4 Å². The van der Waals surface area contributed by atoms with Crippen molar-refractivity contribution < 1.29 is 19.6 Å². The molecule has 2 saturated heterocycles. The first kappa shape index (κ1) is 22.3. The average Bonchev–Trinajstić information content (AvgIpc) is 3.27. The third-order valence-corrected chi connectivity index (χ3v) is 8.37. The molecule has 0 aromatic heterocycles. The van der Waals surface area contributed by atoms with Crippen LogP contribution in [0, 0.1) is 11.8 Å². The second kappa shape index (κ2) is 9.02. The van der Waals surface area contributed by atoms with Crippen LogP contribution in [0.15, 0.2) is 48.5 Å². The Hall–Kier alpha value is -2.53. The summed E-state index contributed by atoms with van der Waals surface area (Å²) < 4.78 is 11.7. The number of rotatable bonds is 4. The van der Waals surface area contributed by atoms with Gasteiger partial charge in [0.05, 0.1) is 32.2 Å². The third kappa shape index (κ3) is 3.80. The Kier molecular flexibility index (Phi) is 6.09. The zero-order valence-electron chi connectivity index (χ0n) is 20.1. The van der Waals surface area contributed by atoms with Crippen molar-refractivity contribution in [2.75, 3.05) is 33.4 Å². The van der Waals surface area contributed by atoms with Gasteiger partial charge in [0.2, 0.25) is 5.91 Å². The van der Waals surface area contributed by atoms with Crippen LogP contribution in [0.2, 0.25) is 0 Å². The number of piperidine rings is 1. The number of nitrogens with two attached hydrogens (primary N) is 1. The van der Waals surface area contributed by atoms with Crippen molar-refractivity contribution in [3.05, 3.63) is 59.7 Å². The van der Waals surface area contributed by atoms with E-state index in [1.807, 2.05) is 12.1 Å². The summed E-state index contributed by atoms with van der Waals surface area (Å²) in [5.41, 5.74) is 2.38. The smallest absolute Gasteiger partial charge is 0.232 e. The summed E-state index contributed by atoms with van der Waals surface area (Å²) in [6.45, 7) is 7.79. The maximum Gasteiger partial charge on any atom is 0.232 e. The van der Waals surface area contributed by atoms with Crippen LogP contribution < -0.4 is 14.8 Å². The minimum Gasteiger partial charge on any atom is -0.493 e. The van der Waals surface area contributed by atoms with E-state index >= 15 is 0 Å². The number of benzene rings is 2. The number of carbonyl (C=O) groups excluding carboxylic acids is 1. The van der Waals surface area contributed by atoms with Crippen LogP contribution in [0.25, 0.3) is 0 Å². The van der Waals surface area contributed by atoms with E-state index in [1.165, 1.54) is 5.56 Å². The number of para-hydroxylation sites is 1. The minimum absolute atomic E-state index is 0.0261. The minimum atomic E-state index is -0.184. The summed E-state index contributed by atoms with van der Waals surface area (Å²) >= 11 is 0. The van der Waals surface area contributed by atoms with Crippen molar-refractivity contribution in [2.45, 2.75) is 50.5 Å². The lowest BCUT2D eigenvalue weighted by atomic mass is 9.68. The van der Waals surface area contributed by atoms with E-state index in [-0.39, 0.29) is 17.4 Å². The molecule has 1 spiro atoms. The number of ether oxygens (including phenoxy) is 2. The predicted octanol–water partition coefficient (Wildman–Crippen LogP) is 3.34. The lowest BCUT2D eigenvalue weighted by Gasteiger charge is -2.45.